The molecule has 1 aliphatic heterocycles. The van der Waals surface area contributed by atoms with Crippen molar-refractivity contribution in [3.63, 3.8) is 0 Å². The van der Waals surface area contributed by atoms with Crippen molar-refractivity contribution in [2.45, 2.75) is 18.9 Å². The molecule has 0 unspecified atom stereocenters. The van der Waals surface area contributed by atoms with Gasteiger partial charge < -0.3 is 9.47 Å². The number of rotatable bonds is 5. The molecule has 0 saturated carbocycles. The first-order chi connectivity index (χ1) is 14.1. The van der Waals surface area contributed by atoms with E-state index in [-0.39, 0.29) is 18.3 Å². The SMILES string of the molecule is Cn1nc(-c2ccccc2)c(-c2ccccc2)c(C(=O)OC[C@@H]2CCCO2)c1=O. The Hall–Kier alpha value is -3.25. The second-order valence-electron chi connectivity index (χ2n) is 6.99. The summed E-state index contributed by atoms with van der Waals surface area (Å²) in [6.45, 7) is 0.811. The van der Waals surface area contributed by atoms with Crippen LogP contribution in [0.15, 0.2) is 65.5 Å². The van der Waals surface area contributed by atoms with Gasteiger partial charge in [0, 0.05) is 24.8 Å². The van der Waals surface area contributed by atoms with E-state index in [9.17, 15) is 9.59 Å². The molecule has 0 aliphatic carbocycles. The molecule has 1 atom stereocenters. The summed E-state index contributed by atoms with van der Waals surface area (Å²) < 4.78 is 12.2. The van der Waals surface area contributed by atoms with Crippen LogP contribution >= 0.6 is 0 Å². The molecule has 6 heteroatoms. The van der Waals surface area contributed by atoms with Gasteiger partial charge in [-0.05, 0) is 18.4 Å². The van der Waals surface area contributed by atoms with Crippen LogP contribution in [-0.4, -0.2) is 35.1 Å². The second kappa shape index (κ2) is 8.41. The molecule has 2 aromatic carbocycles. The van der Waals surface area contributed by atoms with Crippen molar-refractivity contribution in [3.8, 4) is 22.4 Å². The highest BCUT2D eigenvalue weighted by atomic mass is 16.6. The number of benzene rings is 2. The smallest absolute Gasteiger partial charge is 0.344 e. The summed E-state index contributed by atoms with van der Waals surface area (Å²) >= 11 is 0. The maximum atomic E-state index is 13.0. The number of nitrogens with zero attached hydrogens (tertiary/aromatic N) is 2. The van der Waals surface area contributed by atoms with Gasteiger partial charge in [-0.1, -0.05) is 60.7 Å². The van der Waals surface area contributed by atoms with Gasteiger partial charge in [0.1, 0.15) is 12.2 Å². The van der Waals surface area contributed by atoms with E-state index in [4.69, 9.17) is 9.47 Å². The fourth-order valence-electron chi connectivity index (χ4n) is 3.52. The van der Waals surface area contributed by atoms with Crippen LogP contribution in [-0.2, 0) is 16.5 Å². The predicted octanol–water partition coefficient (Wildman–Crippen LogP) is 3.45. The molecule has 4 rings (SSSR count). The van der Waals surface area contributed by atoms with Crippen LogP contribution in [0.3, 0.4) is 0 Å². The van der Waals surface area contributed by atoms with E-state index in [1.54, 1.807) is 7.05 Å². The fourth-order valence-corrected chi connectivity index (χ4v) is 3.52. The molecule has 0 N–H and O–H groups in total. The van der Waals surface area contributed by atoms with Crippen LogP contribution in [0.5, 0.6) is 0 Å². The summed E-state index contributed by atoms with van der Waals surface area (Å²) in [7, 11) is 1.54. The van der Waals surface area contributed by atoms with Gasteiger partial charge in [-0.15, -0.1) is 0 Å². The Morgan fingerprint density at radius 3 is 2.38 bits per heavy atom. The summed E-state index contributed by atoms with van der Waals surface area (Å²) in [5, 5.41) is 4.47. The normalized spacial score (nSPS) is 16.0. The average Bonchev–Trinajstić information content (AvgIpc) is 3.28. The minimum absolute atomic E-state index is 0.00875. The van der Waals surface area contributed by atoms with Gasteiger partial charge >= 0.3 is 5.97 Å². The number of hydrogen-bond donors (Lipinski definition) is 0. The van der Waals surface area contributed by atoms with E-state index in [1.807, 2.05) is 60.7 Å². The van der Waals surface area contributed by atoms with E-state index in [2.05, 4.69) is 5.10 Å². The molecule has 1 aromatic heterocycles. The highest BCUT2D eigenvalue weighted by Gasteiger charge is 2.26. The van der Waals surface area contributed by atoms with Crippen LogP contribution in [0.2, 0.25) is 0 Å². The largest absolute Gasteiger partial charge is 0.459 e. The number of aryl methyl sites for hydroxylation is 1. The Kier molecular flexibility index (Phi) is 5.53. The third-order valence-corrected chi connectivity index (χ3v) is 4.98. The van der Waals surface area contributed by atoms with Gasteiger partial charge in [0.15, 0.2) is 0 Å². The zero-order valence-electron chi connectivity index (χ0n) is 16.2. The maximum absolute atomic E-state index is 13.0. The molecule has 1 fully saturated rings. The van der Waals surface area contributed by atoms with Crippen molar-refractivity contribution in [3.05, 3.63) is 76.6 Å². The lowest BCUT2D eigenvalue weighted by Crippen LogP contribution is -2.30. The molecule has 0 amide bonds. The van der Waals surface area contributed by atoms with Crippen LogP contribution in [0.25, 0.3) is 22.4 Å². The van der Waals surface area contributed by atoms with Gasteiger partial charge in [0.2, 0.25) is 0 Å². The number of aromatic nitrogens is 2. The number of carbonyl (C=O) groups excluding carboxylic acids is 1. The minimum atomic E-state index is -0.653. The highest BCUT2D eigenvalue weighted by molar-refractivity contribution is 6.00. The van der Waals surface area contributed by atoms with E-state index in [0.29, 0.717) is 17.9 Å². The first-order valence-electron chi connectivity index (χ1n) is 9.66. The Morgan fingerprint density at radius 1 is 1.10 bits per heavy atom. The van der Waals surface area contributed by atoms with Crippen LogP contribution in [0.1, 0.15) is 23.2 Å². The van der Waals surface area contributed by atoms with Crippen molar-refractivity contribution < 1.29 is 14.3 Å². The van der Waals surface area contributed by atoms with Crippen molar-refractivity contribution in [2.24, 2.45) is 7.05 Å². The van der Waals surface area contributed by atoms with Crippen molar-refractivity contribution in [1.29, 1.82) is 0 Å². The highest BCUT2D eigenvalue weighted by Crippen LogP contribution is 2.32. The molecule has 0 bridgehead atoms. The van der Waals surface area contributed by atoms with Crippen LogP contribution in [0, 0.1) is 0 Å². The quantitative estimate of drug-likeness (QED) is 0.624. The van der Waals surface area contributed by atoms with Gasteiger partial charge in [-0.3, -0.25) is 4.79 Å². The Labute approximate surface area is 168 Å². The Balaban J connectivity index is 1.85. The first kappa shape index (κ1) is 19.1. The third-order valence-electron chi connectivity index (χ3n) is 4.98. The fraction of sp³-hybridized carbons (Fsp3) is 0.261. The number of ether oxygens (including phenoxy) is 2. The van der Waals surface area contributed by atoms with Crippen molar-refractivity contribution in [2.75, 3.05) is 13.2 Å². The molecule has 2 heterocycles. The molecule has 0 spiro atoms. The lowest BCUT2D eigenvalue weighted by atomic mass is 9.95. The summed E-state index contributed by atoms with van der Waals surface area (Å²) in [6, 6.07) is 18.8. The van der Waals surface area contributed by atoms with Crippen LogP contribution < -0.4 is 5.56 Å². The maximum Gasteiger partial charge on any atom is 0.344 e. The molecular formula is C23H22N2O4. The summed E-state index contributed by atoms with van der Waals surface area (Å²) in [4.78, 5) is 26.0. The summed E-state index contributed by atoms with van der Waals surface area (Å²) in [5.41, 5.74) is 2.10. The molecular weight excluding hydrogens is 368 g/mol. The van der Waals surface area contributed by atoms with Crippen molar-refractivity contribution in [1.82, 2.24) is 9.78 Å². The zero-order chi connectivity index (χ0) is 20.2. The molecule has 3 aromatic rings. The molecule has 1 aliphatic rings. The van der Waals surface area contributed by atoms with E-state index >= 15 is 0 Å². The molecule has 6 nitrogen and oxygen atoms in total. The van der Waals surface area contributed by atoms with E-state index < -0.39 is 11.5 Å². The summed E-state index contributed by atoms with van der Waals surface area (Å²) in [5.74, 6) is -0.653. The Morgan fingerprint density at radius 2 is 1.76 bits per heavy atom. The molecule has 29 heavy (non-hydrogen) atoms. The first-order valence-corrected chi connectivity index (χ1v) is 9.66. The summed E-state index contributed by atoms with van der Waals surface area (Å²) in [6.07, 6.45) is 1.69. The van der Waals surface area contributed by atoms with Gasteiger partial charge in [0.25, 0.3) is 5.56 Å². The number of carbonyl (C=O) groups is 1. The van der Waals surface area contributed by atoms with Gasteiger partial charge in [-0.2, -0.15) is 5.10 Å². The van der Waals surface area contributed by atoms with Crippen LogP contribution in [0.4, 0.5) is 0 Å². The molecule has 1 saturated heterocycles. The predicted molar refractivity (Wildman–Crippen MR) is 110 cm³/mol. The average molecular weight is 390 g/mol. The lowest BCUT2D eigenvalue weighted by molar-refractivity contribution is 0.0160. The van der Waals surface area contributed by atoms with Gasteiger partial charge in [-0.25, -0.2) is 9.48 Å². The topological polar surface area (TPSA) is 70.4 Å². The van der Waals surface area contributed by atoms with E-state index in [0.717, 1.165) is 24.0 Å². The van der Waals surface area contributed by atoms with E-state index in [1.165, 1.54) is 4.68 Å². The second-order valence-corrected chi connectivity index (χ2v) is 6.99. The van der Waals surface area contributed by atoms with Gasteiger partial charge in [0.05, 0.1) is 11.8 Å². The molecule has 148 valence electrons. The lowest BCUT2D eigenvalue weighted by Gasteiger charge is -2.16. The van der Waals surface area contributed by atoms with Crippen molar-refractivity contribution >= 4 is 5.97 Å². The zero-order valence-corrected chi connectivity index (χ0v) is 16.2. The molecule has 0 radical (unpaired) electrons. The third kappa shape index (κ3) is 3.98. The Bertz CT molecular complexity index is 1060. The number of esters is 1. The number of hydrogen-bond acceptors (Lipinski definition) is 5. The monoisotopic (exact) mass is 390 g/mol. The minimum Gasteiger partial charge on any atom is -0.459 e. The standard InChI is InChI=1S/C23H22N2O4/c1-25-22(26)20(23(27)29-15-18-13-8-14-28-18)19(16-9-4-2-5-10-16)21(24-25)17-11-6-3-7-12-17/h2-7,9-12,18H,8,13-15H2,1H3/t18-/m0/s1.